The highest BCUT2D eigenvalue weighted by atomic mass is 16.5. The van der Waals surface area contributed by atoms with Gasteiger partial charge in [-0.1, -0.05) is 56.3 Å². The van der Waals surface area contributed by atoms with Gasteiger partial charge in [-0.3, -0.25) is 4.79 Å². The number of carbonyl (C=O) groups is 1. The maximum absolute atomic E-state index is 13.5. The third-order valence-corrected chi connectivity index (χ3v) is 5.51. The second-order valence-corrected chi connectivity index (χ2v) is 7.73. The minimum absolute atomic E-state index is 0.00360. The number of methoxy groups -OCH3 is 1. The summed E-state index contributed by atoms with van der Waals surface area (Å²) in [6.45, 7) is 7.75. The number of ether oxygens (including phenoxy) is 1. The first-order valence-electron chi connectivity index (χ1n) is 10.1. The molecule has 0 saturated heterocycles. The lowest BCUT2D eigenvalue weighted by Gasteiger charge is -2.32. The van der Waals surface area contributed by atoms with Crippen LogP contribution >= 0.6 is 0 Å². The van der Waals surface area contributed by atoms with Gasteiger partial charge in [0, 0.05) is 24.5 Å². The van der Waals surface area contributed by atoms with Gasteiger partial charge in [0.05, 0.1) is 19.2 Å². The monoisotopic (exact) mass is 390 g/mol. The zero-order valence-corrected chi connectivity index (χ0v) is 17.7. The van der Waals surface area contributed by atoms with E-state index in [1.807, 2.05) is 41.3 Å². The van der Waals surface area contributed by atoms with Crippen molar-refractivity contribution in [3.8, 4) is 5.75 Å². The van der Waals surface area contributed by atoms with Crippen LogP contribution < -0.4 is 4.74 Å². The summed E-state index contributed by atoms with van der Waals surface area (Å²) in [5, 5.41) is 0. The van der Waals surface area contributed by atoms with Crippen molar-refractivity contribution in [3.05, 3.63) is 89.7 Å². The Bertz CT molecular complexity index is 931. The first kappa shape index (κ1) is 20.7. The molecular weight excluding hydrogens is 360 g/mol. The zero-order chi connectivity index (χ0) is 20.8. The topological polar surface area (TPSA) is 34.5 Å². The molecule has 29 heavy (non-hydrogen) atoms. The molecule has 3 aromatic rings. The van der Waals surface area contributed by atoms with Crippen LogP contribution in [0.15, 0.2) is 72.9 Å². The van der Waals surface area contributed by atoms with Gasteiger partial charge >= 0.3 is 0 Å². The molecule has 0 fully saturated rings. The fourth-order valence-corrected chi connectivity index (χ4v) is 3.44. The molecule has 0 aliphatic carbocycles. The van der Waals surface area contributed by atoms with E-state index in [1.165, 1.54) is 5.56 Å². The molecule has 0 aliphatic heterocycles. The normalized spacial score (nSPS) is 12.0. The van der Waals surface area contributed by atoms with E-state index < -0.39 is 0 Å². The molecule has 4 nitrogen and oxygen atoms in total. The lowest BCUT2D eigenvalue weighted by atomic mass is 10.0. The summed E-state index contributed by atoms with van der Waals surface area (Å²) in [4.78, 5) is 15.5. The number of rotatable bonds is 8. The van der Waals surface area contributed by atoms with E-state index in [-0.39, 0.29) is 11.9 Å². The Balaban J connectivity index is 1.89. The van der Waals surface area contributed by atoms with Crippen LogP contribution in [0.2, 0.25) is 0 Å². The van der Waals surface area contributed by atoms with E-state index in [0.717, 1.165) is 12.2 Å². The first-order chi connectivity index (χ1) is 14.0. The van der Waals surface area contributed by atoms with Gasteiger partial charge in [0.2, 0.25) is 0 Å². The Labute approximate surface area is 173 Å². The van der Waals surface area contributed by atoms with Crippen molar-refractivity contribution in [2.75, 3.05) is 7.11 Å². The molecule has 1 atom stereocenters. The predicted octanol–water partition coefficient (Wildman–Crippen LogP) is 5.23. The van der Waals surface area contributed by atoms with E-state index in [0.29, 0.717) is 23.8 Å². The number of hydrogen-bond donors (Lipinski definition) is 0. The smallest absolute Gasteiger partial charge is 0.258 e. The van der Waals surface area contributed by atoms with E-state index in [4.69, 9.17) is 4.74 Å². The fourth-order valence-electron chi connectivity index (χ4n) is 3.44. The predicted molar refractivity (Wildman–Crippen MR) is 117 cm³/mol. The van der Waals surface area contributed by atoms with Crippen LogP contribution in [0.25, 0.3) is 0 Å². The van der Waals surface area contributed by atoms with Crippen LogP contribution in [0.5, 0.6) is 5.75 Å². The third-order valence-electron chi connectivity index (χ3n) is 5.51. The fraction of sp³-hybridized carbons (Fsp3) is 0.320. The molecule has 1 amide bonds. The summed E-state index contributed by atoms with van der Waals surface area (Å²) in [5.41, 5.74) is 2.96. The van der Waals surface area contributed by atoms with Crippen LogP contribution in [-0.4, -0.2) is 28.5 Å². The van der Waals surface area contributed by atoms with Crippen molar-refractivity contribution in [1.29, 1.82) is 0 Å². The van der Waals surface area contributed by atoms with E-state index in [2.05, 4.69) is 61.9 Å². The highest BCUT2D eigenvalue weighted by Crippen LogP contribution is 2.24. The van der Waals surface area contributed by atoms with Crippen molar-refractivity contribution in [2.24, 2.45) is 5.92 Å². The molecule has 0 bridgehead atoms. The Morgan fingerprint density at radius 3 is 2.34 bits per heavy atom. The van der Waals surface area contributed by atoms with E-state index in [1.54, 1.807) is 7.11 Å². The van der Waals surface area contributed by atoms with Gasteiger partial charge < -0.3 is 14.2 Å². The van der Waals surface area contributed by atoms with Crippen molar-refractivity contribution in [2.45, 2.75) is 39.9 Å². The van der Waals surface area contributed by atoms with Crippen LogP contribution in [0, 0.1) is 5.92 Å². The number of carbonyl (C=O) groups excluding carboxylic acids is 1. The van der Waals surface area contributed by atoms with Crippen molar-refractivity contribution < 1.29 is 9.53 Å². The highest BCUT2D eigenvalue weighted by Gasteiger charge is 2.26. The standard InChI is InChI=1S/C25H30N2O2/c1-19(2)20(3)27(25(28)23-14-8-9-15-24(23)29-4)18-22-13-10-16-26(22)17-21-11-6-5-7-12-21/h5-16,19-20H,17-18H2,1-4H3/t20-/m0/s1. The van der Waals surface area contributed by atoms with Gasteiger partial charge in [-0.2, -0.15) is 0 Å². The minimum atomic E-state index is -0.00360. The van der Waals surface area contributed by atoms with Crippen LogP contribution in [-0.2, 0) is 13.1 Å². The Hall–Kier alpha value is -3.01. The van der Waals surface area contributed by atoms with Crippen molar-refractivity contribution in [3.63, 3.8) is 0 Å². The lowest BCUT2D eigenvalue weighted by molar-refractivity contribution is 0.0619. The van der Waals surface area contributed by atoms with Crippen LogP contribution in [0.3, 0.4) is 0 Å². The number of aromatic nitrogens is 1. The summed E-state index contributed by atoms with van der Waals surface area (Å²) in [6.07, 6.45) is 2.08. The molecule has 1 heterocycles. The van der Waals surface area contributed by atoms with Gasteiger partial charge in [-0.25, -0.2) is 0 Å². The second-order valence-electron chi connectivity index (χ2n) is 7.73. The number of hydrogen-bond acceptors (Lipinski definition) is 2. The molecule has 152 valence electrons. The van der Waals surface area contributed by atoms with E-state index >= 15 is 0 Å². The first-order valence-corrected chi connectivity index (χ1v) is 10.1. The SMILES string of the molecule is COc1ccccc1C(=O)N(Cc1cccn1Cc1ccccc1)[C@@H](C)C(C)C. The molecule has 0 spiro atoms. The summed E-state index contributed by atoms with van der Waals surface area (Å²) < 4.78 is 7.66. The number of para-hydroxylation sites is 1. The molecule has 0 aliphatic rings. The Morgan fingerprint density at radius 1 is 0.966 bits per heavy atom. The number of amides is 1. The molecule has 0 N–H and O–H groups in total. The largest absolute Gasteiger partial charge is 0.496 e. The molecule has 0 radical (unpaired) electrons. The average molecular weight is 391 g/mol. The minimum Gasteiger partial charge on any atom is -0.496 e. The van der Waals surface area contributed by atoms with Crippen molar-refractivity contribution in [1.82, 2.24) is 9.47 Å². The zero-order valence-electron chi connectivity index (χ0n) is 17.7. The van der Waals surface area contributed by atoms with Gasteiger partial charge in [-0.15, -0.1) is 0 Å². The summed E-state index contributed by atoms with van der Waals surface area (Å²) in [5.74, 6) is 0.945. The number of nitrogens with zero attached hydrogens (tertiary/aromatic N) is 2. The van der Waals surface area contributed by atoms with Gasteiger partial charge in [-0.05, 0) is 42.7 Å². The molecule has 0 saturated carbocycles. The molecule has 3 rings (SSSR count). The van der Waals surface area contributed by atoms with Crippen molar-refractivity contribution >= 4 is 5.91 Å². The van der Waals surface area contributed by atoms with Gasteiger partial charge in [0.1, 0.15) is 5.75 Å². The van der Waals surface area contributed by atoms with Gasteiger partial charge in [0.25, 0.3) is 5.91 Å². The molecular formula is C25H30N2O2. The molecule has 4 heteroatoms. The summed E-state index contributed by atoms with van der Waals surface area (Å²) in [7, 11) is 1.60. The third kappa shape index (κ3) is 4.89. The quantitative estimate of drug-likeness (QED) is 0.528. The van der Waals surface area contributed by atoms with Crippen LogP contribution in [0.1, 0.15) is 42.4 Å². The molecule has 2 aromatic carbocycles. The maximum atomic E-state index is 13.5. The lowest BCUT2D eigenvalue weighted by Crippen LogP contribution is -2.41. The Morgan fingerprint density at radius 2 is 1.66 bits per heavy atom. The summed E-state index contributed by atoms with van der Waals surface area (Å²) >= 11 is 0. The van der Waals surface area contributed by atoms with E-state index in [9.17, 15) is 4.79 Å². The maximum Gasteiger partial charge on any atom is 0.258 e. The number of benzene rings is 2. The average Bonchev–Trinajstić information content (AvgIpc) is 3.18. The Kier molecular flexibility index (Phi) is 6.76. The second kappa shape index (κ2) is 9.46. The van der Waals surface area contributed by atoms with Crippen LogP contribution in [0.4, 0.5) is 0 Å². The molecule has 1 aromatic heterocycles. The summed E-state index contributed by atoms with van der Waals surface area (Å²) in [6, 6.07) is 22.1. The highest BCUT2D eigenvalue weighted by molar-refractivity contribution is 5.97. The van der Waals surface area contributed by atoms with Gasteiger partial charge in [0.15, 0.2) is 0 Å². The molecule has 0 unspecified atom stereocenters.